The zero-order chi connectivity index (χ0) is 18.7. The van der Waals surface area contributed by atoms with Crippen LogP contribution < -0.4 is 5.32 Å². The highest BCUT2D eigenvalue weighted by Crippen LogP contribution is 2.20. The fraction of sp³-hybridized carbons (Fsp3) is 0.300. The highest BCUT2D eigenvalue weighted by molar-refractivity contribution is 5.89. The Labute approximate surface area is 152 Å². The standard InChI is InChI=1S/C20H23N3O3/c1-13-8-9-16(26-13)12-23(3)20(25)19(22-14(2)24)10-15-11-21-18-7-5-4-6-17(15)18/h4-9,11,19,21H,10,12H2,1-3H3,(H,22,24). The van der Waals surface area contributed by atoms with Gasteiger partial charge in [0.2, 0.25) is 11.8 Å². The number of nitrogens with zero attached hydrogens (tertiary/aromatic N) is 1. The zero-order valence-electron chi connectivity index (χ0n) is 15.2. The van der Waals surface area contributed by atoms with Crippen molar-refractivity contribution >= 4 is 22.7 Å². The highest BCUT2D eigenvalue weighted by Gasteiger charge is 2.25. The Bertz CT molecular complexity index is 925. The van der Waals surface area contributed by atoms with E-state index < -0.39 is 6.04 Å². The number of carbonyl (C=O) groups is 2. The molecule has 1 aromatic carbocycles. The Kier molecular flexibility index (Phi) is 5.11. The fourth-order valence-electron chi connectivity index (χ4n) is 3.11. The van der Waals surface area contributed by atoms with E-state index in [1.54, 1.807) is 11.9 Å². The van der Waals surface area contributed by atoms with Crippen molar-refractivity contribution in [3.8, 4) is 0 Å². The first-order chi connectivity index (χ1) is 12.4. The molecule has 2 aromatic heterocycles. The van der Waals surface area contributed by atoms with Gasteiger partial charge in [0.15, 0.2) is 0 Å². The van der Waals surface area contributed by atoms with Crippen molar-refractivity contribution in [3.05, 3.63) is 59.7 Å². The summed E-state index contributed by atoms with van der Waals surface area (Å²) in [5.41, 5.74) is 2.01. The second kappa shape index (κ2) is 7.47. The predicted octanol–water partition coefficient (Wildman–Crippen LogP) is 2.78. The van der Waals surface area contributed by atoms with Gasteiger partial charge in [0.1, 0.15) is 17.6 Å². The van der Waals surface area contributed by atoms with Crippen molar-refractivity contribution in [3.63, 3.8) is 0 Å². The molecule has 0 fully saturated rings. The lowest BCUT2D eigenvalue weighted by Gasteiger charge is -2.23. The molecule has 2 N–H and O–H groups in total. The van der Waals surface area contributed by atoms with E-state index in [4.69, 9.17) is 4.42 Å². The van der Waals surface area contributed by atoms with Crippen LogP contribution in [0.25, 0.3) is 10.9 Å². The van der Waals surface area contributed by atoms with Gasteiger partial charge in [0.25, 0.3) is 0 Å². The Hall–Kier alpha value is -3.02. The van der Waals surface area contributed by atoms with E-state index >= 15 is 0 Å². The van der Waals surface area contributed by atoms with E-state index in [0.717, 1.165) is 22.2 Å². The number of rotatable bonds is 6. The first-order valence-corrected chi connectivity index (χ1v) is 8.56. The molecule has 0 saturated carbocycles. The fourth-order valence-corrected chi connectivity index (χ4v) is 3.11. The molecule has 3 rings (SSSR count). The van der Waals surface area contributed by atoms with Crippen LogP contribution in [0.4, 0.5) is 0 Å². The Morgan fingerprint density at radius 1 is 1.23 bits per heavy atom. The predicted molar refractivity (Wildman–Crippen MR) is 99.5 cm³/mol. The van der Waals surface area contributed by atoms with Gasteiger partial charge in [-0.1, -0.05) is 18.2 Å². The molecule has 1 unspecified atom stereocenters. The first-order valence-electron chi connectivity index (χ1n) is 8.56. The number of fused-ring (bicyclic) bond motifs is 1. The van der Waals surface area contributed by atoms with Gasteiger partial charge in [0, 0.05) is 37.5 Å². The maximum absolute atomic E-state index is 12.9. The summed E-state index contributed by atoms with van der Waals surface area (Å²) in [5, 5.41) is 3.84. The third-order valence-corrected chi connectivity index (χ3v) is 4.34. The number of furan rings is 1. The van der Waals surface area contributed by atoms with Gasteiger partial charge in [-0.05, 0) is 30.7 Å². The lowest BCUT2D eigenvalue weighted by molar-refractivity contribution is -0.135. The molecule has 1 atom stereocenters. The van der Waals surface area contributed by atoms with E-state index in [0.29, 0.717) is 18.7 Å². The number of aryl methyl sites for hydroxylation is 1. The van der Waals surface area contributed by atoms with E-state index in [-0.39, 0.29) is 11.8 Å². The number of H-pyrrole nitrogens is 1. The van der Waals surface area contributed by atoms with E-state index in [1.165, 1.54) is 6.92 Å². The number of aromatic nitrogens is 1. The minimum absolute atomic E-state index is 0.153. The molecular formula is C20H23N3O3. The maximum atomic E-state index is 12.9. The Morgan fingerprint density at radius 2 is 2.00 bits per heavy atom. The average molecular weight is 353 g/mol. The largest absolute Gasteiger partial charge is 0.464 e. The van der Waals surface area contributed by atoms with Crippen molar-refractivity contribution < 1.29 is 14.0 Å². The number of hydrogen-bond acceptors (Lipinski definition) is 3. The third-order valence-electron chi connectivity index (χ3n) is 4.34. The summed E-state index contributed by atoms with van der Waals surface area (Å²) in [5.74, 6) is 1.13. The average Bonchev–Trinajstić information content (AvgIpc) is 3.19. The molecule has 136 valence electrons. The van der Waals surface area contributed by atoms with Crippen LogP contribution in [0.2, 0.25) is 0 Å². The third kappa shape index (κ3) is 3.96. The van der Waals surface area contributed by atoms with E-state index in [9.17, 15) is 9.59 Å². The van der Waals surface area contributed by atoms with Crippen molar-refractivity contribution in [1.82, 2.24) is 15.2 Å². The number of likely N-dealkylation sites (N-methyl/N-ethyl adjacent to an activating group) is 1. The van der Waals surface area contributed by atoms with Crippen LogP contribution >= 0.6 is 0 Å². The Morgan fingerprint density at radius 3 is 2.69 bits per heavy atom. The molecule has 0 aliphatic rings. The summed E-state index contributed by atoms with van der Waals surface area (Å²) in [6.07, 6.45) is 2.31. The van der Waals surface area contributed by atoms with Gasteiger partial charge in [-0.15, -0.1) is 0 Å². The van der Waals surface area contributed by atoms with Crippen molar-refractivity contribution in [2.75, 3.05) is 7.05 Å². The molecule has 6 nitrogen and oxygen atoms in total. The Balaban J connectivity index is 1.78. The van der Waals surface area contributed by atoms with Crippen LogP contribution in [-0.4, -0.2) is 34.8 Å². The minimum atomic E-state index is -0.632. The molecular weight excluding hydrogens is 330 g/mol. The number of carbonyl (C=O) groups excluding carboxylic acids is 2. The molecule has 6 heteroatoms. The van der Waals surface area contributed by atoms with Crippen molar-refractivity contribution in [1.29, 1.82) is 0 Å². The van der Waals surface area contributed by atoms with Gasteiger partial charge in [-0.3, -0.25) is 9.59 Å². The SMILES string of the molecule is CC(=O)NC(Cc1c[nH]c2ccccc12)C(=O)N(C)Cc1ccc(C)o1. The van der Waals surface area contributed by atoms with Gasteiger partial charge in [-0.25, -0.2) is 0 Å². The van der Waals surface area contributed by atoms with Crippen LogP contribution in [0.3, 0.4) is 0 Å². The smallest absolute Gasteiger partial charge is 0.245 e. The molecule has 0 radical (unpaired) electrons. The molecule has 3 aromatic rings. The summed E-state index contributed by atoms with van der Waals surface area (Å²) in [6.45, 7) is 3.64. The van der Waals surface area contributed by atoms with Crippen LogP contribution in [0.15, 0.2) is 47.0 Å². The van der Waals surface area contributed by atoms with Crippen LogP contribution in [0.5, 0.6) is 0 Å². The number of nitrogens with one attached hydrogen (secondary N) is 2. The van der Waals surface area contributed by atoms with E-state index in [2.05, 4.69) is 10.3 Å². The number of amides is 2. The molecule has 0 aliphatic carbocycles. The number of benzene rings is 1. The minimum Gasteiger partial charge on any atom is -0.464 e. The van der Waals surface area contributed by atoms with Crippen LogP contribution in [-0.2, 0) is 22.6 Å². The number of aromatic amines is 1. The monoisotopic (exact) mass is 353 g/mol. The zero-order valence-corrected chi connectivity index (χ0v) is 15.2. The normalized spacial score (nSPS) is 12.1. The van der Waals surface area contributed by atoms with Gasteiger partial charge in [-0.2, -0.15) is 0 Å². The molecule has 26 heavy (non-hydrogen) atoms. The van der Waals surface area contributed by atoms with Crippen molar-refractivity contribution in [2.45, 2.75) is 32.9 Å². The molecule has 0 saturated heterocycles. The number of para-hydroxylation sites is 1. The summed E-state index contributed by atoms with van der Waals surface area (Å²) < 4.78 is 5.54. The summed E-state index contributed by atoms with van der Waals surface area (Å²) in [6, 6.07) is 11.0. The second-order valence-electron chi connectivity index (χ2n) is 6.52. The molecule has 0 bridgehead atoms. The van der Waals surface area contributed by atoms with E-state index in [1.807, 2.05) is 49.5 Å². The van der Waals surface area contributed by atoms with Crippen LogP contribution in [0.1, 0.15) is 24.0 Å². The molecule has 2 amide bonds. The van der Waals surface area contributed by atoms with Crippen LogP contribution in [0, 0.1) is 6.92 Å². The topological polar surface area (TPSA) is 78.3 Å². The summed E-state index contributed by atoms with van der Waals surface area (Å²) in [4.78, 5) is 29.3. The first kappa shape index (κ1) is 17.8. The summed E-state index contributed by atoms with van der Waals surface area (Å²) >= 11 is 0. The van der Waals surface area contributed by atoms with Gasteiger partial charge < -0.3 is 19.6 Å². The molecule has 2 heterocycles. The maximum Gasteiger partial charge on any atom is 0.245 e. The molecule has 0 aliphatic heterocycles. The second-order valence-corrected chi connectivity index (χ2v) is 6.52. The lowest BCUT2D eigenvalue weighted by atomic mass is 10.0. The van der Waals surface area contributed by atoms with Gasteiger partial charge in [0.05, 0.1) is 6.54 Å². The summed E-state index contributed by atoms with van der Waals surface area (Å²) in [7, 11) is 1.71. The molecule has 0 spiro atoms. The van der Waals surface area contributed by atoms with Crippen molar-refractivity contribution in [2.24, 2.45) is 0 Å². The highest BCUT2D eigenvalue weighted by atomic mass is 16.3. The number of hydrogen-bond donors (Lipinski definition) is 2. The quantitative estimate of drug-likeness (QED) is 0.715. The lowest BCUT2D eigenvalue weighted by Crippen LogP contribution is -2.47. The van der Waals surface area contributed by atoms with Gasteiger partial charge >= 0.3 is 0 Å².